The summed E-state index contributed by atoms with van der Waals surface area (Å²) in [6, 6.07) is 28.6. The maximum absolute atomic E-state index is 11.1. The van der Waals surface area contributed by atoms with Crippen LogP contribution in [0.3, 0.4) is 0 Å². The number of halogens is 2. The lowest BCUT2D eigenvalue weighted by Gasteiger charge is -2.16. The second kappa shape index (κ2) is 8.19. The van der Waals surface area contributed by atoms with Gasteiger partial charge in [-0.15, -0.1) is 0 Å². The summed E-state index contributed by atoms with van der Waals surface area (Å²) in [6.45, 7) is 2.08. The quantitative estimate of drug-likeness (QED) is 0.239. The van der Waals surface area contributed by atoms with E-state index in [9.17, 15) is 5.11 Å². The molecular formula is C27H19Br2NO. The average molecular weight is 533 g/mol. The van der Waals surface area contributed by atoms with Gasteiger partial charge in [-0.2, -0.15) is 0 Å². The number of aliphatic hydroxyl groups is 1. The van der Waals surface area contributed by atoms with Crippen molar-refractivity contribution < 1.29 is 5.11 Å². The summed E-state index contributed by atoms with van der Waals surface area (Å²) >= 11 is 7.11. The van der Waals surface area contributed by atoms with Crippen LogP contribution in [0.25, 0.3) is 32.9 Å². The molecule has 1 heterocycles. The standard InChI is InChI=1S/C27H19Br2NO/c1-16-8-10-22-25(12-16)30-24-11-9-19(27(31)18-5-3-7-21(29)14-18)15-23(24)26(22)17-4-2-6-20(28)13-17/h2-15,27,31H,1H3. The molecule has 1 N–H and O–H groups in total. The van der Waals surface area contributed by atoms with Crippen LogP contribution in [-0.2, 0) is 0 Å². The van der Waals surface area contributed by atoms with Crippen molar-refractivity contribution in [3.63, 3.8) is 0 Å². The van der Waals surface area contributed by atoms with E-state index in [4.69, 9.17) is 4.98 Å². The fraction of sp³-hybridized carbons (Fsp3) is 0.0741. The van der Waals surface area contributed by atoms with Gasteiger partial charge in [0, 0.05) is 25.3 Å². The highest BCUT2D eigenvalue weighted by atomic mass is 79.9. The van der Waals surface area contributed by atoms with Gasteiger partial charge in [-0.1, -0.05) is 74.3 Å². The highest BCUT2D eigenvalue weighted by Crippen LogP contribution is 2.38. The van der Waals surface area contributed by atoms with Gasteiger partial charge >= 0.3 is 0 Å². The lowest BCUT2D eigenvalue weighted by Crippen LogP contribution is -2.00. The van der Waals surface area contributed by atoms with Crippen molar-refractivity contribution in [2.75, 3.05) is 0 Å². The number of hydrogen-bond acceptors (Lipinski definition) is 2. The third-order valence-corrected chi connectivity index (χ3v) is 6.53. The molecule has 152 valence electrons. The van der Waals surface area contributed by atoms with Gasteiger partial charge in [0.2, 0.25) is 0 Å². The Bertz CT molecular complexity index is 1440. The molecule has 0 aliphatic rings. The molecule has 0 saturated carbocycles. The predicted octanol–water partition coefficient (Wildman–Crippen LogP) is 7.97. The summed E-state index contributed by atoms with van der Waals surface area (Å²) in [5, 5.41) is 13.2. The number of pyridine rings is 1. The minimum Gasteiger partial charge on any atom is -0.384 e. The van der Waals surface area contributed by atoms with Crippen LogP contribution in [0.15, 0.2) is 93.9 Å². The zero-order valence-electron chi connectivity index (χ0n) is 16.8. The summed E-state index contributed by atoms with van der Waals surface area (Å²) in [6.07, 6.45) is -0.717. The molecule has 5 rings (SSSR count). The summed E-state index contributed by atoms with van der Waals surface area (Å²) in [5.41, 5.74) is 7.01. The van der Waals surface area contributed by atoms with E-state index in [1.54, 1.807) is 0 Å². The average Bonchev–Trinajstić information content (AvgIpc) is 2.76. The van der Waals surface area contributed by atoms with Gasteiger partial charge in [0.05, 0.1) is 11.0 Å². The zero-order chi connectivity index (χ0) is 21.5. The largest absolute Gasteiger partial charge is 0.384 e. The Hall–Kier alpha value is -2.53. The Morgan fingerprint density at radius 3 is 2.23 bits per heavy atom. The van der Waals surface area contributed by atoms with E-state index >= 15 is 0 Å². The fourth-order valence-corrected chi connectivity index (χ4v) is 4.88. The Morgan fingerprint density at radius 2 is 1.45 bits per heavy atom. The third kappa shape index (κ3) is 3.91. The molecule has 0 radical (unpaired) electrons. The Labute approximate surface area is 197 Å². The van der Waals surface area contributed by atoms with Gasteiger partial charge in [-0.25, -0.2) is 4.98 Å². The molecule has 1 aromatic heterocycles. The van der Waals surface area contributed by atoms with Crippen molar-refractivity contribution >= 4 is 53.7 Å². The number of aromatic nitrogens is 1. The topological polar surface area (TPSA) is 33.1 Å². The predicted molar refractivity (Wildman–Crippen MR) is 135 cm³/mol. The third-order valence-electron chi connectivity index (χ3n) is 5.55. The minimum absolute atomic E-state index is 0.717. The van der Waals surface area contributed by atoms with Crippen LogP contribution in [0.2, 0.25) is 0 Å². The van der Waals surface area contributed by atoms with Gasteiger partial charge in [-0.05, 0) is 71.6 Å². The number of benzene rings is 4. The maximum Gasteiger partial charge on any atom is 0.104 e. The van der Waals surface area contributed by atoms with Crippen LogP contribution in [0.4, 0.5) is 0 Å². The molecule has 0 bridgehead atoms. The molecule has 0 aliphatic carbocycles. The lowest BCUT2D eigenvalue weighted by atomic mass is 9.93. The molecule has 31 heavy (non-hydrogen) atoms. The van der Waals surface area contributed by atoms with Gasteiger partial charge in [0.15, 0.2) is 0 Å². The molecule has 2 nitrogen and oxygen atoms in total. The van der Waals surface area contributed by atoms with E-state index in [-0.39, 0.29) is 0 Å². The van der Waals surface area contributed by atoms with Crippen LogP contribution in [0.1, 0.15) is 22.8 Å². The highest BCUT2D eigenvalue weighted by molar-refractivity contribution is 9.10. The summed E-state index contributed by atoms with van der Waals surface area (Å²) in [4.78, 5) is 4.93. The van der Waals surface area contributed by atoms with Crippen LogP contribution in [0, 0.1) is 6.92 Å². The number of fused-ring (bicyclic) bond motifs is 2. The SMILES string of the molecule is Cc1ccc2c(-c3cccc(Br)c3)c3cc(C(O)c4cccc(Br)c4)ccc3nc2c1. The number of aryl methyl sites for hydroxylation is 1. The van der Waals surface area contributed by atoms with E-state index in [1.807, 2.05) is 48.5 Å². The first-order valence-corrected chi connectivity index (χ1v) is 11.6. The van der Waals surface area contributed by atoms with Crippen molar-refractivity contribution in [1.29, 1.82) is 0 Å². The van der Waals surface area contributed by atoms with Crippen molar-refractivity contribution in [1.82, 2.24) is 4.98 Å². The van der Waals surface area contributed by atoms with E-state index in [0.29, 0.717) is 0 Å². The van der Waals surface area contributed by atoms with E-state index in [2.05, 4.69) is 75.2 Å². The minimum atomic E-state index is -0.717. The molecule has 0 aliphatic heterocycles. The monoisotopic (exact) mass is 531 g/mol. The van der Waals surface area contributed by atoms with Gasteiger partial charge in [0.25, 0.3) is 0 Å². The summed E-state index contributed by atoms with van der Waals surface area (Å²) < 4.78 is 1.98. The Morgan fingerprint density at radius 1 is 0.710 bits per heavy atom. The Balaban J connectivity index is 1.80. The molecule has 1 unspecified atom stereocenters. The van der Waals surface area contributed by atoms with Crippen LogP contribution in [0.5, 0.6) is 0 Å². The van der Waals surface area contributed by atoms with Gasteiger partial charge < -0.3 is 5.11 Å². The van der Waals surface area contributed by atoms with Crippen LogP contribution < -0.4 is 0 Å². The van der Waals surface area contributed by atoms with E-state index in [0.717, 1.165) is 53.0 Å². The van der Waals surface area contributed by atoms with Crippen LogP contribution >= 0.6 is 31.9 Å². The van der Waals surface area contributed by atoms with E-state index in [1.165, 1.54) is 5.56 Å². The highest BCUT2D eigenvalue weighted by Gasteiger charge is 2.16. The fourth-order valence-electron chi connectivity index (χ4n) is 4.07. The summed E-state index contributed by atoms with van der Waals surface area (Å²) in [5.74, 6) is 0. The first-order valence-electron chi connectivity index (χ1n) is 10.0. The number of aliphatic hydroxyl groups excluding tert-OH is 1. The lowest BCUT2D eigenvalue weighted by molar-refractivity contribution is 0.220. The van der Waals surface area contributed by atoms with Gasteiger partial charge in [-0.3, -0.25) is 0 Å². The first kappa shape index (κ1) is 20.4. The van der Waals surface area contributed by atoms with Crippen molar-refractivity contribution in [3.05, 3.63) is 111 Å². The first-order chi connectivity index (χ1) is 15.0. The molecule has 0 amide bonds. The molecule has 5 aromatic rings. The number of nitrogens with zero attached hydrogens (tertiary/aromatic N) is 1. The smallest absolute Gasteiger partial charge is 0.104 e. The Kier molecular flexibility index (Phi) is 5.39. The molecule has 0 fully saturated rings. The maximum atomic E-state index is 11.1. The molecule has 4 heteroatoms. The van der Waals surface area contributed by atoms with Crippen molar-refractivity contribution in [2.45, 2.75) is 13.0 Å². The molecule has 1 atom stereocenters. The molecule has 4 aromatic carbocycles. The molecule has 0 spiro atoms. The normalized spacial score (nSPS) is 12.4. The second-order valence-electron chi connectivity index (χ2n) is 7.75. The number of hydrogen-bond donors (Lipinski definition) is 1. The number of rotatable bonds is 3. The second-order valence-corrected chi connectivity index (χ2v) is 9.58. The molecule has 0 saturated heterocycles. The van der Waals surface area contributed by atoms with Crippen molar-refractivity contribution in [2.24, 2.45) is 0 Å². The van der Waals surface area contributed by atoms with Crippen molar-refractivity contribution in [3.8, 4) is 11.1 Å². The van der Waals surface area contributed by atoms with Crippen LogP contribution in [-0.4, -0.2) is 10.1 Å². The zero-order valence-corrected chi connectivity index (χ0v) is 20.0. The van der Waals surface area contributed by atoms with Gasteiger partial charge in [0.1, 0.15) is 6.10 Å². The van der Waals surface area contributed by atoms with E-state index < -0.39 is 6.10 Å². The molecular weight excluding hydrogens is 514 g/mol. The summed E-state index contributed by atoms with van der Waals surface area (Å²) in [7, 11) is 0.